The molecular formula is C37H31N3O3S. The van der Waals surface area contributed by atoms with Crippen LogP contribution in [-0.4, -0.2) is 21.7 Å². The fourth-order valence-electron chi connectivity index (χ4n) is 6.13. The number of hydrogen-bond acceptors (Lipinski definition) is 5. The maximum absolute atomic E-state index is 14.3. The van der Waals surface area contributed by atoms with E-state index >= 15 is 0 Å². The van der Waals surface area contributed by atoms with Crippen molar-refractivity contribution in [2.24, 2.45) is 4.99 Å². The number of aryl methyl sites for hydroxylation is 1. The van der Waals surface area contributed by atoms with Gasteiger partial charge in [0.2, 0.25) is 0 Å². The van der Waals surface area contributed by atoms with Crippen molar-refractivity contribution in [3.8, 4) is 0 Å². The van der Waals surface area contributed by atoms with Gasteiger partial charge in [0.05, 0.1) is 28.5 Å². The summed E-state index contributed by atoms with van der Waals surface area (Å²) in [6.45, 7) is 6.64. The van der Waals surface area contributed by atoms with Gasteiger partial charge in [-0.1, -0.05) is 102 Å². The van der Waals surface area contributed by atoms with Gasteiger partial charge in [0, 0.05) is 29.2 Å². The number of nitrogens with zero attached hydrogens (tertiary/aromatic N) is 3. The predicted molar refractivity (Wildman–Crippen MR) is 177 cm³/mol. The maximum Gasteiger partial charge on any atom is 0.338 e. The van der Waals surface area contributed by atoms with Crippen LogP contribution in [0, 0.1) is 6.92 Å². The fourth-order valence-corrected chi connectivity index (χ4v) is 7.16. The summed E-state index contributed by atoms with van der Waals surface area (Å²) in [6, 6.07) is 30.2. The summed E-state index contributed by atoms with van der Waals surface area (Å²) in [5.41, 5.74) is 6.12. The van der Waals surface area contributed by atoms with Crippen LogP contribution >= 0.6 is 11.3 Å². The van der Waals surface area contributed by atoms with Crippen LogP contribution in [0.4, 0.5) is 0 Å². The number of esters is 1. The van der Waals surface area contributed by atoms with E-state index in [1.165, 1.54) is 22.5 Å². The lowest BCUT2D eigenvalue weighted by Gasteiger charge is -2.25. The van der Waals surface area contributed by atoms with Crippen LogP contribution in [0.15, 0.2) is 118 Å². The number of thiazole rings is 1. The van der Waals surface area contributed by atoms with E-state index in [4.69, 9.17) is 9.73 Å². The molecule has 1 aliphatic rings. The Morgan fingerprint density at radius 2 is 1.66 bits per heavy atom. The lowest BCUT2D eigenvalue weighted by atomic mass is 9.91. The second-order valence-electron chi connectivity index (χ2n) is 11.1. The minimum Gasteiger partial charge on any atom is -0.463 e. The monoisotopic (exact) mass is 597 g/mol. The van der Waals surface area contributed by atoms with E-state index in [2.05, 4.69) is 54.1 Å². The molecular weight excluding hydrogens is 566 g/mol. The highest BCUT2D eigenvalue weighted by atomic mass is 32.1. The van der Waals surface area contributed by atoms with E-state index in [1.807, 2.05) is 67.6 Å². The zero-order chi connectivity index (χ0) is 30.4. The number of allylic oxidation sites excluding steroid dienone is 1. The van der Waals surface area contributed by atoms with Gasteiger partial charge >= 0.3 is 5.97 Å². The number of carbonyl (C=O) groups is 1. The van der Waals surface area contributed by atoms with Gasteiger partial charge in [0.1, 0.15) is 0 Å². The Kier molecular flexibility index (Phi) is 7.10. The van der Waals surface area contributed by atoms with Crippen molar-refractivity contribution in [2.75, 3.05) is 6.61 Å². The van der Waals surface area contributed by atoms with Gasteiger partial charge in [-0.3, -0.25) is 9.36 Å². The van der Waals surface area contributed by atoms with E-state index in [9.17, 15) is 9.59 Å². The zero-order valence-electron chi connectivity index (χ0n) is 24.8. The Balaban J connectivity index is 1.42. The Hall–Kier alpha value is -5.01. The van der Waals surface area contributed by atoms with Crippen molar-refractivity contribution in [3.05, 3.63) is 150 Å². The van der Waals surface area contributed by atoms with Crippen LogP contribution < -0.4 is 14.9 Å². The maximum atomic E-state index is 14.3. The SMILES string of the molecule is CCOC(=O)C1=C(C)N=c2s/c(=C/c3cn(Cc4ccc(C)cc4)c4ccccc34)c(=O)n2[C@@H]1c1cccc2ccccc12. The van der Waals surface area contributed by atoms with Crippen LogP contribution in [0.25, 0.3) is 27.8 Å². The van der Waals surface area contributed by atoms with E-state index < -0.39 is 12.0 Å². The molecule has 2 aromatic heterocycles. The fraction of sp³-hybridized carbons (Fsp3) is 0.162. The van der Waals surface area contributed by atoms with Crippen molar-refractivity contribution >= 4 is 45.1 Å². The molecule has 6 aromatic rings. The second kappa shape index (κ2) is 11.2. The molecule has 7 heteroatoms. The molecule has 0 N–H and O–H groups in total. The molecule has 0 bridgehead atoms. The third-order valence-corrected chi connectivity index (χ3v) is 9.20. The minimum atomic E-state index is -0.665. The quantitative estimate of drug-likeness (QED) is 0.213. The van der Waals surface area contributed by atoms with Crippen LogP contribution in [-0.2, 0) is 16.1 Å². The molecule has 1 aliphatic heterocycles. The number of benzene rings is 4. The Bertz CT molecular complexity index is 2280. The first-order valence-corrected chi connectivity index (χ1v) is 15.6. The summed E-state index contributed by atoms with van der Waals surface area (Å²) in [5, 5.41) is 3.08. The lowest BCUT2D eigenvalue weighted by molar-refractivity contribution is -0.139. The van der Waals surface area contributed by atoms with Gasteiger partial charge in [-0.15, -0.1) is 0 Å². The minimum absolute atomic E-state index is 0.184. The molecule has 1 atom stereocenters. The molecule has 3 heterocycles. The van der Waals surface area contributed by atoms with Crippen LogP contribution in [0.1, 0.15) is 42.1 Å². The second-order valence-corrected chi connectivity index (χ2v) is 12.1. The third kappa shape index (κ3) is 4.79. The van der Waals surface area contributed by atoms with Gasteiger partial charge in [0.15, 0.2) is 4.80 Å². The third-order valence-electron chi connectivity index (χ3n) is 8.21. The molecule has 6 nitrogen and oxygen atoms in total. The van der Waals surface area contributed by atoms with Crippen molar-refractivity contribution in [3.63, 3.8) is 0 Å². The number of ether oxygens (including phenoxy) is 1. The molecule has 0 fully saturated rings. The summed E-state index contributed by atoms with van der Waals surface area (Å²) < 4.78 is 9.96. The molecule has 0 amide bonds. The first-order valence-electron chi connectivity index (χ1n) is 14.7. The van der Waals surface area contributed by atoms with Gasteiger partial charge < -0.3 is 9.30 Å². The van der Waals surface area contributed by atoms with Crippen LogP contribution in [0.2, 0.25) is 0 Å². The molecule has 0 saturated carbocycles. The molecule has 0 aliphatic carbocycles. The largest absolute Gasteiger partial charge is 0.463 e. The number of fused-ring (bicyclic) bond motifs is 3. The summed E-state index contributed by atoms with van der Waals surface area (Å²) in [4.78, 5) is 33.1. The van der Waals surface area contributed by atoms with E-state index in [-0.39, 0.29) is 12.2 Å². The summed E-state index contributed by atoms with van der Waals surface area (Å²) in [5.74, 6) is -0.458. The number of hydrogen-bond donors (Lipinski definition) is 0. The molecule has 0 radical (unpaired) electrons. The summed E-state index contributed by atoms with van der Waals surface area (Å²) in [6.07, 6.45) is 4.07. The van der Waals surface area contributed by atoms with Crippen molar-refractivity contribution in [1.29, 1.82) is 0 Å². The summed E-state index contributed by atoms with van der Waals surface area (Å²) in [7, 11) is 0. The van der Waals surface area contributed by atoms with Gasteiger partial charge in [-0.2, -0.15) is 0 Å². The van der Waals surface area contributed by atoms with E-state index in [1.54, 1.807) is 11.5 Å². The topological polar surface area (TPSA) is 65.6 Å². The molecule has 44 heavy (non-hydrogen) atoms. The highest BCUT2D eigenvalue weighted by Gasteiger charge is 2.34. The Labute approximate surface area is 258 Å². The smallest absolute Gasteiger partial charge is 0.338 e. The Morgan fingerprint density at radius 3 is 2.45 bits per heavy atom. The molecule has 7 rings (SSSR count). The first-order chi connectivity index (χ1) is 21.4. The number of rotatable bonds is 6. The van der Waals surface area contributed by atoms with Crippen LogP contribution in [0.5, 0.6) is 0 Å². The normalized spacial score (nSPS) is 15.1. The van der Waals surface area contributed by atoms with Gasteiger partial charge in [-0.05, 0) is 54.8 Å². The molecule has 0 spiro atoms. The van der Waals surface area contributed by atoms with Crippen molar-refractivity contribution < 1.29 is 9.53 Å². The predicted octanol–water partition coefficient (Wildman–Crippen LogP) is 6.26. The van der Waals surface area contributed by atoms with Crippen molar-refractivity contribution in [1.82, 2.24) is 9.13 Å². The summed E-state index contributed by atoms with van der Waals surface area (Å²) >= 11 is 1.35. The molecule has 4 aromatic carbocycles. The lowest BCUT2D eigenvalue weighted by Crippen LogP contribution is -2.40. The van der Waals surface area contributed by atoms with Crippen LogP contribution in [0.3, 0.4) is 0 Å². The Morgan fingerprint density at radius 1 is 0.932 bits per heavy atom. The zero-order valence-corrected chi connectivity index (χ0v) is 25.6. The average molecular weight is 598 g/mol. The van der Waals surface area contributed by atoms with Gasteiger partial charge in [0.25, 0.3) is 5.56 Å². The number of para-hydroxylation sites is 1. The average Bonchev–Trinajstić information content (AvgIpc) is 3.53. The molecule has 0 saturated heterocycles. The highest BCUT2D eigenvalue weighted by Crippen LogP contribution is 2.35. The number of aromatic nitrogens is 2. The standard InChI is InChI=1S/C37H31N3O3S/c1-4-43-36(42)33-24(3)38-37-40(34(33)30-14-9-11-26-10-5-6-12-28(26)30)35(41)32(44-37)20-27-22-39(31-15-8-7-13-29(27)31)21-25-18-16-23(2)17-19-25/h5-20,22,34H,4,21H2,1-3H3/b32-20+/t34-/m1/s1. The molecule has 218 valence electrons. The number of carbonyl (C=O) groups excluding carboxylic acids is 1. The van der Waals surface area contributed by atoms with Crippen molar-refractivity contribution in [2.45, 2.75) is 33.4 Å². The van der Waals surface area contributed by atoms with E-state index in [0.29, 0.717) is 20.6 Å². The highest BCUT2D eigenvalue weighted by molar-refractivity contribution is 7.07. The van der Waals surface area contributed by atoms with E-state index in [0.717, 1.165) is 39.3 Å². The van der Waals surface area contributed by atoms with Gasteiger partial charge in [-0.25, -0.2) is 9.79 Å². The molecule has 0 unspecified atom stereocenters. The first kappa shape index (κ1) is 27.8.